The molecule has 0 aliphatic carbocycles. The van der Waals surface area contributed by atoms with Crippen LogP contribution in [-0.4, -0.2) is 47.9 Å². The Labute approximate surface area is 271 Å². The number of nitrogens with zero attached hydrogens (tertiary/aromatic N) is 3. The number of hydrogen-bond donors (Lipinski definition) is 2. The second-order valence-electron chi connectivity index (χ2n) is 11.3. The molecule has 0 spiro atoms. The molecule has 2 aromatic carbocycles. The van der Waals surface area contributed by atoms with Crippen LogP contribution in [0.3, 0.4) is 0 Å². The van der Waals surface area contributed by atoms with E-state index in [4.69, 9.17) is 19.9 Å². The van der Waals surface area contributed by atoms with Crippen molar-refractivity contribution in [3.05, 3.63) is 107 Å². The lowest BCUT2D eigenvalue weighted by Gasteiger charge is -2.23. The number of nitrogen functional groups attached to an aromatic ring is 1. The maximum absolute atomic E-state index is 13.6. The number of carbonyl (C=O) groups is 1. The third-order valence-corrected chi connectivity index (χ3v) is 8.23. The summed E-state index contributed by atoms with van der Waals surface area (Å²) in [5.74, 6) is 0.814. The fourth-order valence-corrected chi connectivity index (χ4v) is 5.65. The molecule has 0 bridgehead atoms. The molecule has 1 saturated heterocycles. The van der Waals surface area contributed by atoms with Gasteiger partial charge in [-0.1, -0.05) is 18.2 Å². The van der Waals surface area contributed by atoms with Gasteiger partial charge in [-0.3, -0.25) is 14.6 Å². The van der Waals surface area contributed by atoms with Crippen LogP contribution < -0.4 is 26.0 Å². The highest BCUT2D eigenvalue weighted by atomic mass is 19.1. The lowest BCUT2D eigenvalue weighted by Crippen LogP contribution is -2.27. The van der Waals surface area contributed by atoms with Crippen LogP contribution in [0.4, 0.5) is 15.9 Å². The molecule has 11 heteroatoms. The molecule has 5 aromatic rings. The first kappa shape index (κ1) is 31.4. The van der Waals surface area contributed by atoms with E-state index in [0.717, 1.165) is 35.7 Å². The highest BCUT2D eigenvalue weighted by Crippen LogP contribution is 2.35. The number of ether oxygens (including phenoxy) is 3. The second-order valence-corrected chi connectivity index (χ2v) is 11.3. The Morgan fingerprint density at radius 1 is 0.915 bits per heavy atom. The minimum absolute atomic E-state index is 0.0409. The van der Waals surface area contributed by atoms with E-state index in [9.17, 15) is 14.0 Å². The van der Waals surface area contributed by atoms with E-state index in [0.29, 0.717) is 54.2 Å². The molecule has 4 heterocycles. The van der Waals surface area contributed by atoms with Crippen molar-refractivity contribution in [1.82, 2.24) is 14.5 Å². The first-order valence-corrected chi connectivity index (χ1v) is 15.2. The number of carbonyl (C=O) groups excluding carboxylic acids is 1. The molecular formula is C36H34FN5O5. The van der Waals surface area contributed by atoms with Crippen LogP contribution in [0.2, 0.25) is 0 Å². The average molecular weight is 636 g/mol. The summed E-state index contributed by atoms with van der Waals surface area (Å²) in [5, 5.41) is 2.85. The minimum Gasteiger partial charge on any atom is -0.493 e. The summed E-state index contributed by atoms with van der Waals surface area (Å²) in [7, 11) is 3.16. The summed E-state index contributed by atoms with van der Waals surface area (Å²) in [5.41, 5.74) is 9.94. The van der Waals surface area contributed by atoms with Crippen molar-refractivity contribution in [1.29, 1.82) is 0 Å². The molecule has 3 aromatic heterocycles. The number of aromatic nitrogens is 3. The van der Waals surface area contributed by atoms with Crippen molar-refractivity contribution < 1.29 is 23.4 Å². The van der Waals surface area contributed by atoms with Crippen LogP contribution in [0.25, 0.3) is 33.5 Å². The minimum atomic E-state index is -0.566. The van der Waals surface area contributed by atoms with Gasteiger partial charge in [0.15, 0.2) is 11.5 Å². The van der Waals surface area contributed by atoms with Crippen molar-refractivity contribution in [2.24, 2.45) is 5.92 Å². The summed E-state index contributed by atoms with van der Waals surface area (Å²) in [6, 6.07) is 17.3. The fraction of sp³-hybridized carbons (Fsp3) is 0.222. The Morgan fingerprint density at radius 3 is 2.36 bits per heavy atom. The van der Waals surface area contributed by atoms with Crippen molar-refractivity contribution in [3.8, 4) is 45.0 Å². The predicted molar refractivity (Wildman–Crippen MR) is 178 cm³/mol. The number of anilines is 2. The first-order valence-electron chi connectivity index (χ1n) is 15.2. The summed E-state index contributed by atoms with van der Waals surface area (Å²) in [6.45, 7) is 1.94. The van der Waals surface area contributed by atoms with Gasteiger partial charge in [-0.25, -0.2) is 9.37 Å². The van der Waals surface area contributed by atoms with Crippen molar-refractivity contribution in [2.45, 2.75) is 19.4 Å². The number of hydrogen-bond acceptors (Lipinski definition) is 8. The number of pyridine rings is 3. The maximum atomic E-state index is 13.6. The van der Waals surface area contributed by atoms with Gasteiger partial charge in [0.25, 0.3) is 5.91 Å². The standard InChI is InChI=1S/C36H34FN5O5/c1-45-32-10-5-24(16-33(32)46-2)25-15-28(35(38)40-17-25)23-3-7-27(8-4-23)41-36(44)30-21-42(19-22-11-13-47-14-12-22)20-29(34(30)43)31-9-6-26(37)18-39-31/h3-10,15-18,20-22H,11-14,19H2,1-2H3,(H2,38,40)(H,41,44). The Hall–Kier alpha value is -5.55. The molecule has 10 nitrogen and oxygen atoms in total. The lowest BCUT2D eigenvalue weighted by molar-refractivity contribution is 0.0612. The molecule has 1 aliphatic heterocycles. The van der Waals surface area contributed by atoms with E-state index in [-0.39, 0.29) is 16.8 Å². The number of rotatable bonds is 9. The topological polar surface area (TPSA) is 131 Å². The van der Waals surface area contributed by atoms with Crippen LogP contribution in [0.15, 0.2) is 90.2 Å². The Balaban J connectivity index is 1.26. The van der Waals surface area contributed by atoms with Crippen molar-refractivity contribution in [3.63, 3.8) is 0 Å². The van der Waals surface area contributed by atoms with Gasteiger partial charge in [-0.2, -0.15) is 0 Å². The van der Waals surface area contributed by atoms with E-state index < -0.39 is 17.2 Å². The molecule has 1 amide bonds. The van der Waals surface area contributed by atoms with Gasteiger partial charge in [-0.05, 0) is 72.4 Å². The summed E-state index contributed by atoms with van der Waals surface area (Å²) >= 11 is 0. The largest absolute Gasteiger partial charge is 0.493 e. The Kier molecular flexibility index (Phi) is 9.25. The van der Waals surface area contributed by atoms with Gasteiger partial charge >= 0.3 is 0 Å². The fourth-order valence-electron chi connectivity index (χ4n) is 5.65. The molecule has 3 N–H and O–H groups in total. The van der Waals surface area contributed by atoms with E-state index in [2.05, 4.69) is 15.3 Å². The highest BCUT2D eigenvalue weighted by Gasteiger charge is 2.20. The number of nitrogens with two attached hydrogens (primary N) is 1. The number of halogens is 1. The van der Waals surface area contributed by atoms with E-state index in [1.807, 2.05) is 41.0 Å². The highest BCUT2D eigenvalue weighted by molar-refractivity contribution is 6.04. The van der Waals surface area contributed by atoms with Gasteiger partial charge < -0.3 is 29.8 Å². The molecule has 0 radical (unpaired) electrons. The van der Waals surface area contributed by atoms with Crippen LogP contribution in [-0.2, 0) is 11.3 Å². The normalized spacial score (nSPS) is 13.3. The van der Waals surface area contributed by atoms with E-state index in [1.54, 1.807) is 44.9 Å². The summed E-state index contributed by atoms with van der Waals surface area (Å²) in [6.07, 6.45) is 7.75. The molecular weight excluding hydrogens is 601 g/mol. The van der Waals surface area contributed by atoms with Gasteiger partial charge in [0.1, 0.15) is 17.2 Å². The number of amides is 1. The monoisotopic (exact) mass is 635 g/mol. The van der Waals surface area contributed by atoms with Crippen LogP contribution >= 0.6 is 0 Å². The SMILES string of the molecule is COc1ccc(-c2cnc(N)c(-c3ccc(NC(=O)c4cn(CC5CCOCC5)cc(-c5ccc(F)cn5)c4=O)cc3)c2)cc1OC. The second kappa shape index (κ2) is 13.8. The van der Waals surface area contributed by atoms with Crippen LogP contribution in [0.1, 0.15) is 23.2 Å². The van der Waals surface area contributed by atoms with E-state index in [1.165, 1.54) is 12.1 Å². The van der Waals surface area contributed by atoms with Gasteiger partial charge in [-0.15, -0.1) is 0 Å². The number of methoxy groups -OCH3 is 2. The zero-order valence-electron chi connectivity index (χ0n) is 26.0. The maximum Gasteiger partial charge on any atom is 0.261 e. The summed E-state index contributed by atoms with van der Waals surface area (Å²) < 4.78 is 31.7. The molecule has 0 unspecified atom stereocenters. The van der Waals surface area contributed by atoms with Gasteiger partial charge in [0.05, 0.1) is 31.7 Å². The van der Waals surface area contributed by atoms with Crippen LogP contribution in [0, 0.1) is 11.7 Å². The zero-order chi connectivity index (χ0) is 32.9. The van der Waals surface area contributed by atoms with Crippen molar-refractivity contribution >= 4 is 17.4 Å². The van der Waals surface area contributed by atoms with Crippen LogP contribution in [0.5, 0.6) is 11.5 Å². The Bertz CT molecular complexity index is 1960. The van der Waals surface area contributed by atoms with Gasteiger partial charge in [0, 0.05) is 55.2 Å². The average Bonchev–Trinajstić information content (AvgIpc) is 3.10. The first-order chi connectivity index (χ1) is 22.8. The molecule has 6 rings (SSSR count). The smallest absolute Gasteiger partial charge is 0.261 e. The van der Waals surface area contributed by atoms with Crippen molar-refractivity contribution in [2.75, 3.05) is 38.5 Å². The predicted octanol–water partition coefficient (Wildman–Crippen LogP) is 6.06. The molecule has 47 heavy (non-hydrogen) atoms. The van der Waals surface area contributed by atoms with Gasteiger partial charge in [0.2, 0.25) is 5.43 Å². The molecule has 0 saturated carbocycles. The van der Waals surface area contributed by atoms with E-state index >= 15 is 0 Å². The number of nitrogens with one attached hydrogen (secondary N) is 1. The zero-order valence-corrected chi connectivity index (χ0v) is 26.0. The Morgan fingerprint density at radius 2 is 1.66 bits per heavy atom. The molecule has 1 aliphatic rings. The lowest BCUT2D eigenvalue weighted by atomic mass is 10.00. The molecule has 1 fully saturated rings. The summed E-state index contributed by atoms with van der Waals surface area (Å²) in [4.78, 5) is 35.6. The molecule has 0 atom stereocenters. The third-order valence-electron chi connectivity index (χ3n) is 8.23. The third kappa shape index (κ3) is 7.00. The number of benzene rings is 2. The molecule has 240 valence electrons. The quantitative estimate of drug-likeness (QED) is 0.200.